The lowest BCUT2D eigenvalue weighted by atomic mass is 10.2. The van der Waals surface area contributed by atoms with Crippen molar-refractivity contribution in [1.29, 1.82) is 5.26 Å². The van der Waals surface area contributed by atoms with Crippen molar-refractivity contribution in [2.45, 2.75) is 0 Å². The van der Waals surface area contributed by atoms with Crippen LogP contribution in [0.1, 0.15) is 5.56 Å². The number of hydrogen-bond donors (Lipinski definition) is 2. The van der Waals surface area contributed by atoms with Crippen molar-refractivity contribution < 1.29 is 0 Å². The van der Waals surface area contributed by atoms with E-state index in [0.29, 0.717) is 11.3 Å². The fraction of sp³-hybridized carbons (Fsp3) is 0. The van der Waals surface area contributed by atoms with Gasteiger partial charge in [-0.2, -0.15) is 5.26 Å². The molecule has 3 aromatic rings. The third-order valence-corrected chi connectivity index (χ3v) is 4.18. The summed E-state index contributed by atoms with van der Waals surface area (Å²) in [6.07, 6.45) is 0. The predicted molar refractivity (Wildman–Crippen MR) is 86.2 cm³/mol. The minimum atomic E-state index is 0.568. The molecule has 0 radical (unpaired) electrons. The molecule has 2 aromatic carbocycles. The van der Waals surface area contributed by atoms with Gasteiger partial charge in [-0.15, -0.1) is 0 Å². The summed E-state index contributed by atoms with van der Waals surface area (Å²) in [6.45, 7) is 0. The number of nitrogen functional groups attached to an aromatic ring is 1. The standard InChI is InChI=1S/C14H9BrN4S/c15-9-1-3-11(8(5-9)7-16)18-14-19-12-4-2-10(17)6-13(12)20-14/h1-6H,17H2,(H,18,19). The Balaban J connectivity index is 1.99. The lowest BCUT2D eigenvalue weighted by molar-refractivity contribution is 1.41. The molecule has 3 N–H and O–H groups in total. The van der Waals surface area contributed by atoms with E-state index in [1.807, 2.05) is 30.3 Å². The average molecular weight is 345 g/mol. The van der Waals surface area contributed by atoms with E-state index in [4.69, 9.17) is 11.0 Å². The van der Waals surface area contributed by atoms with Gasteiger partial charge in [0.05, 0.1) is 21.5 Å². The van der Waals surface area contributed by atoms with E-state index in [-0.39, 0.29) is 0 Å². The van der Waals surface area contributed by atoms with E-state index in [2.05, 4.69) is 32.3 Å². The van der Waals surface area contributed by atoms with Crippen molar-refractivity contribution in [3.05, 3.63) is 46.4 Å². The second-order valence-electron chi connectivity index (χ2n) is 4.17. The monoisotopic (exact) mass is 344 g/mol. The molecule has 1 heterocycles. The van der Waals surface area contributed by atoms with Gasteiger partial charge in [0.25, 0.3) is 0 Å². The summed E-state index contributed by atoms with van der Waals surface area (Å²) in [7, 11) is 0. The second-order valence-corrected chi connectivity index (χ2v) is 6.12. The van der Waals surface area contributed by atoms with Gasteiger partial charge in [0, 0.05) is 10.2 Å². The molecule has 0 amide bonds. The van der Waals surface area contributed by atoms with E-state index in [0.717, 1.165) is 25.5 Å². The summed E-state index contributed by atoms with van der Waals surface area (Å²) in [5.74, 6) is 0. The maximum Gasteiger partial charge on any atom is 0.188 e. The van der Waals surface area contributed by atoms with Crippen LogP contribution in [-0.4, -0.2) is 4.98 Å². The van der Waals surface area contributed by atoms with Crippen molar-refractivity contribution in [3.8, 4) is 6.07 Å². The average Bonchev–Trinajstić information content (AvgIpc) is 2.82. The van der Waals surface area contributed by atoms with Crippen LogP contribution in [0.25, 0.3) is 10.2 Å². The highest BCUT2D eigenvalue weighted by Crippen LogP contribution is 2.31. The van der Waals surface area contributed by atoms with Crippen LogP contribution in [0.3, 0.4) is 0 Å². The molecule has 0 unspecified atom stereocenters. The van der Waals surface area contributed by atoms with Crippen LogP contribution in [0.5, 0.6) is 0 Å². The molecule has 4 nitrogen and oxygen atoms in total. The quantitative estimate of drug-likeness (QED) is 0.681. The maximum absolute atomic E-state index is 9.15. The van der Waals surface area contributed by atoms with Crippen LogP contribution >= 0.6 is 27.3 Å². The molecule has 20 heavy (non-hydrogen) atoms. The summed E-state index contributed by atoms with van der Waals surface area (Å²) in [4.78, 5) is 4.48. The van der Waals surface area contributed by atoms with E-state index in [9.17, 15) is 0 Å². The Labute approximate surface area is 128 Å². The van der Waals surface area contributed by atoms with E-state index in [1.165, 1.54) is 11.3 Å². The predicted octanol–water partition coefficient (Wildman–Crippen LogP) is 4.26. The Morgan fingerprint density at radius 3 is 2.90 bits per heavy atom. The number of anilines is 3. The first kappa shape index (κ1) is 12.9. The van der Waals surface area contributed by atoms with Gasteiger partial charge in [-0.3, -0.25) is 0 Å². The number of halogens is 1. The third kappa shape index (κ3) is 2.46. The molecule has 98 valence electrons. The molecule has 0 fully saturated rings. The molecule has 0 aliphatic heterocycles. The van der Waals surface area contributed by atoms with Crippen LogP contribution in [0.2, 0.25) is 0 Å². The Morgan fingerprint density at radius 2 is 2.10 bits per heavy atom. The van der Waals surface area contributed by atoms with Crippen molar-refractivity contribution in [2.75, 3.05) is 11.1 Å². The zero-order valence-electron chi connectivity index (χ0n) is 10.2. The molecule has 0 bridgehead atoms. The number of nitrogens with zero attached hydrogens (tertiary/aromatic N) is 2. The lowest BCUT2D eigenvalue weighted by Gasteiger charge is -2.04. The van der Waals surface area contributed by atoms with Gasteiger partial charge >= 0.3 is 0 Å². The number of rotatable bonds is 2. The summed E-state index contributed by atoms with van der Waals surface area (Å²) in [5.41, 5.74) is 8.67. The highest BCUT2D eigenvalue weighted by molar-refractivity contribution is 9.10. The highest BCUT2D eigenvalue weighted by Gasteiger charge is 2.07. The molecule has 0 aliphatic rings. The summed E-state index contributed by atoms with van der Waals surface area (Å²) >= 11 is 4.86. The number of nitrogens with one attached hydrogen (secondary N) is 1. The second kappa shape index (κ2) is 5.12. The fourth-order valence-electron chi connectivity index (χ4n) is 1.83. The van der Waals surface area contributed by atoms with Gasteiger partial charge in [-0.25, -0.2) is 4.98 Å². The van der Waals surface area contributed by atoms with Gasteiger partial charge in [-0.05, 0) is 36.4 Å². The van der Waals surface area contributed by atoms with E-state index >= 15 is 0 Å². The number of benzene rings is 2. The normalized spacial score (nSPS) is 10.4. The Kier molecular flexibility index (Phi) is 3.30. The topological polar surface area (TPSA) is 74.7 Å². The zero-order valence-corrected chi connectivity index (χ0v) is 12.6. The first-order chi connectivity index (χ1) is 9.65. The summed E-state index contributed by atoms with van der Waals surface area (Å²) < 4.78 is 1.89. The molecule has 0 atom stereocenters. The van der Waals surface area contributed by atoms with Gasteiger partial charge < -0.3 is 11.1 Å². The van der Waals surface area contributed by atoms with Gasteiger partial charge in [0.1, 0.15) is 6.07 Å². The minimum absolute atomic E-state index is 0.568. The molecular weight excluding hydrogens is 336 g/mol. The molecule has 6 heteroatoms. The third-order valence-electron chi connectivity index (χ3n) is 2.76. The van der Waals surface area contributed by atoms with E-state index < -0.39 is 0 Å². The van der Waals surface area contributed by atoms with Crippen LogP contribution in [0, 0.1) is 11.3 Å². The molecule has 0 saturated heterocycles. The fourth-order valence-corrected chi connectivity index (χ4v) is 3.12. The van der Waals surface area contributed by atoms with E-state index in [1.54, 1.807) is 6.07 Å². The zero-order chi connectivity index (χ0) is 14.1. The van der Waals surface area contributed by atoms with Gasteiger partial charge in [-0.1, -0.05) is 27.3 Å². The van der Waals surface area contributed by atoms with Crippen molar-refractivity contribution in [2.24, 2.45) is 0 Å². The number of nitrogens with two attached hydrogens (primary N) is 1. The summed E-state index contributed by atoms with van der Waals surface area (Å²) in [5, 5.41) is 13.1. The molecule has 0 spiro atoms. The number of hydrogen-bond acceptors (Lipinski definition) is 5. The van der Waals surface area contributed by atoms with Gasteiger partial charge in [0.2, 0.25) is 0 Å². The van der Waals surface area contributed by atoms with Crippen molar-refractivity contribution >= 4 is 54.0 Å². The van der Waals surface area contributed by atoms with Crippen LogP contribution in [0.4, 0.5) is 16.5 Å². The lowest BCUT2D eigenvalue weighted by Crippen LogP contribution is -1.92. The largest absolute Gasteiger partial charge is 0.399 e. The van der Waals surface area contributed by atoms with Crippen molar-refractivity contribution in [3.63, 3.8) is 0 Å². The minimum Gasteiger partial charge on any atom is -0.399 e. The van der Waals surface area contributed by atoms with Crippen LogP contribution in [-0.2, 0) is 0 Å². The molecule has 0 saturated carbocycles. The number of nitriles is 1. The highest BCUT2D eigenvalue weighted by atomic mass is 79.9. The van der Waals surface area contributed by atoms with Crippen LogP contribution in [0.15, 0.2) is 40.9 Å². The van der Waals surface area contributed by atoms with Crippen molar-refractivity contribution in [1.82, 2.24) is 4.98 Å². The van der Waals surface area contributed by atoms with Gasteiger partial charge in [0.15, 0.2) is 5.13 Å². The number of fused-ring (bicyclic) bond motifs is 1. The number of aromatic nitrogens is 1. The molecule has 1 aromatic heterocycles. The Hall–Kier alpha value is -2.10. The molecular formula is C14H9BrN4S. The maximum atomic E-state index is 9.15. The first-order valence-electron chi connectivity index (χ1n) is 5.78. The molecule has 3 rings (SSSR count). The molecule has 0 aliphatic carbocycles. The smallest absolute Gasteiger partial charge is 0.188 e. The SMILES string of the molecule is N#Cc1cc(Br)ccc1Nc1nc2ccc(N)cc2s1. The first-order valence-corrected chi connectivity index (χ1v) is 7.39. The Morgan fingerprint density at radius 1 is 1.25 bits per heavy atom. The number of thiazole rings is 1. The van der Waals surface area contributed by atoms with Crippen LogP contribution < -0.4 is 11.1 Å². The Bertz CT molecular complexity index is 835. The summed E-state index contributed by atoms with van der Waals surface area (Å²) in [6, 6.07) is 13.3.